The predicted octanol–water partition coefficient (Wildman–Crippen LogP) is 3.09. The highest BCUT2D eigenvalue weighted by atomic mass is 19.3. The van der Waals surface area contributed by atoms with Crippen LogP contribution in [0.15, 0.2) is 30.3 Å². The van der Waals surface area contributed by atoms with Crippen molar-refractivity contribution in [1.29, 1.82) is 0 Å². The Morgan fingerprint density at radius 3 is 2.42 bits per heavy atom. The Morgan fingerprint density at radius 2 is 1.77 bits per heavy atom. The van der Waals surface area contributed by atoms with Crippen LogP contribution in [-0.4, -0.2) is 52.2 Å². The molecule has 4 bridgehead atoms. The molecule has 6 nitrogen and oxygen atoms in total. The van der Waals surface area contributed by atoms with Crippen molar-refractivity contribution in [3.8, 4) is 0 Å². The van der Waals surface area contributed by atoms with Gasteiger partial charge in [0, 0.05) is 12.5 Å². The summed E-state index contributed by atoms with van der Waals surface area (Å²) in [6.07, 6.45) is 2.43. The van der Waals surface area contributed by atoms with E-state index in [0.29, 0.717) is 18.8 Å². The maximum Gasteiger partial charge on any atom is 0.410 e. The minimum absolute atomic E-state index is 0.0389. The van der Waals surface area contributed by atoms with Gasteiger partial charge in [-0.15, -0.1) is 0 Å². The number of alkyl halides is 2. The standard InChI is InChI=1S/C23H28F2N2O4/c24-23(25)11-18(27(13-23)21(29)31-12-14-4-2-1-3-5-14)20(28)26-19-16-6-15-7-17(19)10-22(30,8-15)9-16/h1-5,15-19,30H,6-13H2,(H,26,28). The lowest BCUT2D eigenvalue weighted by Crippen LogP contribution is -2.63. The van der Waals surface area contributed by atoms with E-state index >= 15 is 0 Å². The average Bonchev–Trinajstić information content (AvgIpc) is 3.04. The second-order valence-corrected chi connectivity index (χ2v) is 9.97. The van der Waals surface area contributed by atoms with Crippen molar-refractivity contribution in [2.24, 2.45) is 17.8 Å². The Kier molecular flexibility index (Phi) is 4.95. The summed E-state index contributed by atoms with van der Waals surface area (Å²) in [7, 11) is 0. The highest BCUT2D eigenvalue weighted by Gasteiger charge is 2.56. The fourth-order valence-corrected chi connectivity index (χ4v) is 6.52. The largest absolute Gasteiger partial charge is 0.445 e. The molecule has 8 heteroatoms. The van der Waals surface area contributed by atoms with E-state index in [1.807, 2.05) is 6.07 Å². The molecule has 4 aliphatic carbocycles. The van der Waals surface area contributed by atoms with Gasteiger partial charge >= 0.3 is 6.09 Å². The molecular weight excluding hydrogens is 406 g/mol. The van der Waals surface area contributed by atoms with E-state index < -0.39 is 42.5 Å². The summed E-state index contributed by atoms with van der Waals surface area (Å²) in [4.78, 5) is 26.5. The first-order chi connectivity index (χ1) is 14.7. The summed E-state index contributed by atoms with van der Waals surface area (Å²) in [5.74, 6) is -2.86. The van der Waals surface area contributed by atoms with Gasteiger partial charge in [-0.3, -0.25) is 9.69 Å². The molecule has 168 valence electrons. The van der Waals surface area contributed by atoms with Crippen LogP contribution < -0.4 is 5.32 Å². The van der Waals surface area contributed by atoms with Crippen molar-refractivity contribution in [2.75, 3.05) is 6.54 Å². The molecule has 1 aromatic carbocycles. The SMILES string of the molecule is O=C(NC1C2CC3CC1CC(O)(C3)C2)C1CC(F)(F)CN1C(=O)OCc1ccccc1. The summed E-state index contributed by atoms with van der Waals surface area (Å²) in [6.45, 7) is -0.860. The molecule has 31 heavy (non-hydrogen) atoms. The highest BCUT2D eigenvalue weighted by Crippen LogP contribution is 2.55. The van der Waals surface area contributed by atoms with E-state index in [-0.39, 0.29) is 24.5 Å². The molecule has 4 saturated carbocycles. The van der Waals surface area contributed by atoms with E-state index in [2.05, 4.69) is 5.32 Å². The van der Waals surface area contributed by atoms with Crippen LogP contribution in [0.1, 0.15) is 44.1 Å². The number of nitrogens with zero attached hydrogens (tertiary/aromatic N) is 1. The number of halogens is 2. The molecule has 0 aromatic heterocycles. The van der Waals surface area contributed by atoms with E-state index in [1.54, 1.807) is 24.3 Å². The van der Waals surface area contributed by atoms with E-state index in [1.165, 1.54) is 0 Å². The van der Waals surface area contributed by atoms with Crippen molar-refractivity contribution in [3.63, 3.8) is 0 Å². The van der Waals surface area contributed by atoms with Gasteiger partial charge in [0.2, 0.25) is 5.91 Å². The molecule has 2 N–H and O–H groups in total. The van der Waals surface area contributed by atoms with Crippen LogP contribution in [0.5, 0.6) is 0 Å². The molecule has 1 heterocycles. The number of nitrogens with one attached hydrogen (secondary N) is 1. The Labute approximate surface area is 179 Å². The van der Waals surface area contributed by atoms with Gasteiger partial charge < -0.3 is 15.2 Å². The van der Waals surface area contributed by atoms with Gasteiger partial charge in [0.05, 0.1) is 12.1 Å². The molecule has 5 fully saturated rings. The molecule has 2 amide bonds. The van der Waals surface area contributed by atoms with Gasteiger partial charge in [0.25, 0.3) is 5.92 Å². The Morgan fingerprint density at radius 1 is 1.10 bits per heavy atom. The molecule has 0 radical (unpaired) electrons. The maximum atomic E-state index is 14.2. The van der Waals surface area contributed by atoms with E-state index in [0.717, 1.165) is 29.7 Å². The van der Waals surface area contributed by atoms with Gasteiger partial charge in [-0.05, 0) is 55.4 Å². The second-order valence-electron chi connectivity index (χ2n) is 9.97. The Hall–Kier alpha value is -2.22. The number of ether oxygens (including phenoxy) is 1. The second kappa shape index (κ2) is 7.43. The molecular formula is C23H28F2N2O4. The third-order valence-electron chi connectivity index (χ3n) is 7.56. The molecule has 3 unspecified atom stereocenters. The molecule has 6 rings (SSSR count). The van der Waals surface area contributed by atoms with Crippen molar-refractivity contribution in [2.45, 2.75) is 68.7 Å². The van der Waals surface area contributed by atoms with Crippen LogP contribution in [0.3, 0.4) is 0 Å². The number of carbonyl (C=O) groups excluding carboxylic acids is 2. The van der Waals surface area contributed by atoms with E-state index in [9.17, 15) is 23.5 Å². The zero-order chi connectivity index (χ0) is 21.8. The molecule has 1 aliphatic heterocycles. The van der Waals surface area contributed by atoms with Crippen LogP contribution in [0.4, 0.5) is 13.6 Å². The topological polar surface area (TPSA) is 78.9 Å². The van der Waals surface area contributed by atoms with Crippen molar-refractivity contribution in [3.05, 3.63) is 35.9 Å². The first-order valence-corrected chi connectivity index (χ1v) is 11.1. The minimum Gasteiger partial charge on any atom is -0.445 e. The average molecular weight is 434 g/mol. The molecule has 3 atom stereocenters. The minimum atomic E-state index is -3.13. The van der Waals surface area contributed by atoms with Crippen molar-refractivity contribution in [1.82, 2.24) is 10.2 Å². The van der Waals surface area contributed by atoms with Crippen LogP contribution in [0.2, 0.25) is 0 Å². The number of carbonyl (C=O) groups is 2. The Bertz CT molecular complexity index is 848. The summed E-state index contributed by atoms with van der Waals surface area (Å²) in [5, 5.41) is 13.7. The van der Waals surface area contributed by atoms with Gasteiger partial charge in [0.15, 0.2) is 0 Å². The lowest BCUT2D eigenvalue weighted by molar-refractivity contribution is -0.148. The van der Waals surface area contributed by atoms with Crippen LogP contribution in [-0.2, 0) is 16.1 Å². The Balaban J connectivity index is 1.25. The fraction of sp³-hybridized carbons (Fsp3) is 0.652. The number of hydrogen-bond acceptors (Lipinski definition) is 4. The van der Waals surface area contributed by atoms with Crippen molar-refractivity contribution < 1.29 is 28.2 Å². The number of rotatable bonds is 4. The molecule has 5 aliphatic rings. The quantitative estimate of drug-likeness (QED) is 0.764. The highest BCUT2D eigenvalue weighted by molar-refractivity contribution is 5.86. The molecule has 0 spiro atoms. The first kappa shape index (κ1) is 20.7. The third-order valence-corrected chi connectivity index (χ3v) is 7.56. The maximum absolute atomic E-state index is 14.2. The van der Waals surface area contributed by atoms with Crippen LogP contribution in [0.25, 0.3) is 0 Å². The molecule has 1 aromatic rings. The van der Waals surface area contributed by atoms with Gasteiger partial charge in [-0.1, -0.05) is 30.3 Å². The zero-order valence-electron chi connectivity index (χ0n) is 17.3. The van der Waals surface area contributed by atoms with Crippen molar-refractivity contribution >= 4 is 12.0 Å². The number of hydrogen-bond donors (Lipinski definition) is 2. The number of likely N-dealkylation sites (tertiary alicyclic amines) is 1. The lowest BCUT2D eigenvalue weighted by Gasteiger charge is -2.58. The van der Waals surface area contributed by atoms with Crippen LogP contribution >= 0.6 is 0 Å². The van der Waals surface area contributed by atoms with E-state index in [4.69, 9.17) is 4.74 Å². The molecule has 1 saturated heterocycles. The van der Waals surface area contributed by atoms with Crippen LogP contribution in [0, 0.1) is 17.8 Å². The number of amides is 2. The summed E-state index contributed by atoms with van der Waals surface area (Å²) in [6, 6.07) is 7.59. The first-order valence-electron chi connectivity index (χ1n) is 11.1. The number of benzene rings is 1. The fourth-order valence-electron chi connectivity index (χ4n) is 6.52. The van der Waals surface area contributed by atoms with Gasteiger partial charge in [0.1, 0.15) is 12.6 Å². The van der Waals surface area contributed by atoms with Gasteiger partial charge in [-0.2, -0.15) is 0 Å². The summed E-state index contributed by atoms with van der Waals surface area (Å²) in [5.41, 5.74) is 0.111. The predicted molar refractivity (Wildman–Crippen MR) is 107 cm³/mol. The normalized spacial score (nSPS) is 37.6. The van der Waals surface area contributed by atoms with Gasteiger partial charge in [-0.25, -0.2) is 13.6 Å². The monoisotopic (exact) mass is 434 g/mol. The summed E-state index contributed by atoms with van der Waals surface area (Å²) < 4.78 is 33.6. The third kappa shape index (κ3) is 4.02. The smallest absolute Gasteiger partial charge is 0.410 e. The number of aliphatic hydroxyl groups is 1. The lowest BCUT2D eigenvalue weighted by atomic mass is 9.52. The summed E-state index contributed by atoms with van der Waals surface area (Å²) >= 11 is 0. The zero-order valence-corrected chi connectivity index (χ0v) is 17.3.